The summed E-state index contributed by atoms with van der Waals surface area (Å²) in [7, 11) is -3.13. The molecule has 0 spiro atoms. The Balaban J connectivity index is 0. The van der Waals surface area contributed by atoms with Crippen LogP contribution in [0, 0.1) is 5.41 Å². The summed E-state index contributed by atoms with van der Waals surface area (Å²) in [4.78, 5) is 14.3. The van der Waals surface area contributed by atoms with E-state index in [1.54, 1.807) is 0 Å². The third-order valence-electron chi connectivity index (χ3n) is 1.76. The molecule has 0 aliphatic carbocycles. The van der Waals surface area contributed by atoms with Gasteiger partial charge in [-0.05, 0) is 6.42 Å². The summed E-state index contributed by atoms with van der Waals surface area (Å²) in [6.07, 6.45) is 0.594. The monoisotopic (exact) mass is 212 g/mol. The molecule has 0 atom stereocenters. The van der Waals surface area contributed by atoms with Crippen LogP contribution in [0.4, 0.5) is 0 Å². The predicted octanol–water partition coefficient (Wildman–Crippen LogP) is -2.25. The maximum absolute atomic E-state index is 8.74. The Labute approximate surface area is 78.0 Å². The van der Waals surface area contributed by atoms with Gasteiger partial charge in [0, 0.05) is 5.41 Å². The molecule has 5 N–H and O–H groups in total. The maximum atomic E-state index is 8.74. The van der Waals surface area contributed by atoms with Gasteiger partial charge in [0.05, 0.1) is 19.8 Å². The van der Waals surface area contributed by atoms with Gasteiger partial charge in [-0.25, -0.2) is 0 Å². The zero-order chi connectivity index (χ0) is 10.9. The largest absolute Gasteiger partial charge is 0.761 e. The van der Waals surface area contributed by atoms with Crippen LogP contribution >= 0.6 is 0 Å². The van der Waals surface area contributed by atoms with Crippen LogP contribution in [-0.4, -0.2) is 53.9 Å². The molecular formula is C6H16O6Si. The lowest BCUT2D eigenvalue weighted by atomic mass is 9.88. The van der Waals surface area contributed by atoms with E-state index in [4.69, 9.17) is 29.4 Å². The molecule has 0 saturated carbocycles. The fourth-order valence-electron chi connectivity index (χ4n) is 0.485. The van der Waals surface area contributed by atoms with E-state index in [0.29, 0.717) is 6.42 Å². The van der Waals surface area contributed by atoms with E-state index in [1.807, 2.05) is 6.92 Å². The Morgan fingerprint density at radius 2 is 1.31 bits per heavy atom. The standard InChI is InChI=1S/C6H14O3.H2O3Si/c1-2-6(3-7,4-8)5-9;1-4(2)3/h7-9H,2-5H2,1H3;1-2H. The van der Waals surface area contributed by atoms with Crippen molar-refractivity contribution in [1.29, 1.82) is 0 Å². The van der Waals surface area contributed by atoms with Crippen molar-refractivity contribution in [2.45, 2.75) is 13.3 Å². The van der Waals surface area contributed by atoms with Gasteiger partial charge in [-0.15, -0.1) is 0 Å². The van der Waals surface area contributed by atoms with Crippen molar-refractivity contribution < 1.29 is 29.4 Å². The molecule has 0 rings (SSSR count). The van der Waals surface area contributed by atoms with Crippen molar-refractivity contribution in [1.82, 2.24) is 0 Å². The summed E-state index contributed by atoms with van der Waals surface area (Å²) < 4.78 is 8.74. The quantitative estimate of drug-likeness (QED) is 0.336. The highest BCUT2D eigenvalue weighted by Crippen LogP contribution is 2.18. The van der Waals surface area contributed by atoms with Crippen molar-refractivity contribution in [3.05, 3.63) is 0 Å². The SMILES string of the molecule is CCC(CO)(CO)CO.O=[Si](O)O. The van der Waals surface area contributed by atoms with Crippen LogP contribution in [0.15, 0.2) is 0 Å². The topological polar surface area (TPSA) is 118 Å². The van der Waals surface area contributed by atoms with Gasteiger partial charge in [0.15, 0.2) is 0 Å². The molecule has 0 bridgehead atoms. The fraction of sp³-hybridized carbons (Fsp3) is 1.00. The summed E-state index contributed by atoms with van der Waals surface area (Å²) in [5.74, 6) is 0. The van der Waals surface area contributed by atoms with Gasteiger partial charge < -0.3 is 24.9 Å². The second-order valence-electron chi connectivity index (χ2n) is 2.61. The van der Waals surface area contributed by atoms with E-state index < -0.39 is 14.6 Å². The van der Waals surface area contributed by atoms with Crippen LogP contribution in [0.3, 0.4) is 0 Å². The summed E-state index contributed by atoms with van der Waals surface area (Å²) in [6.45, 7) is 1.35. The molecule has 0 aliphatic heterocycles. The predicted molar refractivity (Wildman–Crippen MR) is 44.9 cm³/mol. The Kier molecular flexibility index (Phi) is 9.35. The first kappa shape index (κ1) is 15.0. The second kappa shape index (κ2) is 8.11. The first-order chi connectivity index (χ1) is 5.97. The fourth-order valence-corrected chi connectivity index (χ4v) is 0.485. The van der Waals surface area contributed by atoms with Gasteiger partial charge in [-0.2, -0.15) is 0 Å². The van der Waals surface area contributed by atoms with Crippen LogP contribution in [0.2, 0.25) is 0 Å². The molecule has 13 heavy (non-hydrogen) atoms. The van der Waals surface area contributed by atoms with E-state index in [1.165, 1.54) is 0 Å². The molecule has 0 saturated heterocycles. The summed E-state index contributed by atoms with van der Waals surface area (Å²) in [6, 6.07) is 0. The molecule has 0 aliphatic rings. The first-order valence-corrected chi connectivity index (χ1v) is 5.02. The molecule has 80 valence electrons. The number of hydrogen-bond donors (Lipinski definition) is 5. The zero-order valence-corrected chi connectivity index (χ0v) is 8.47. The first-order valence-electron chi connectivity index (χ1n) is 3.72. The van der Waals surface area contributed by atoms with E-state index >= 15 is 0 Å². The molecular weight excluding hydrogens is 196 g/mol. The minimum Gasteiger partial charge on any atom is -0.511 e. The van der Waals surface area contributed by atoms with Crippen molar-refractivity contribution in [2.75, 3.05) is 19.8 Å². The van der Waals surface area contributed by atoms with Gasteiger partial charge in [-0.1, -0.05) is 6.92 Å². The Morgan fingerprint density at radius 1 is 1.08 bits per heavy atom. The van der Waals surface area contributed by atoms with Crippen LogP contribution in [0.1, 0.15) is 13.3 Å². The van der Waals surface area contributed by atoms with Crippen molar-refractivity contribution >= 4 is 9.17 Å². The third-order valence-corrected chi connectivity index (χ3v) is 1.76. The van der Waals surface area contributed by atoms with Crippen molar-refractivity contribution in [3.63, 3.8) is 0 Å². The minimum atomic E-state index is -3.13. The molecule has 0 amide bonds. The van der Waals surface area contributed by atoms with Crippen LogP contribution in [0.5, 0.6) is 0 Å². The lowest BCUT2D eigenvalue weighted by molar-refractivity contribution is 0.00304. The molecule has 0 fully saturated rings. The summed E-state index contributed by atoms with van der Waals surface area (Å²) >= 11 is 0. The van der Waals surface area contributed by atoms with Crippen LogP contribution in [0.25, 0.3) is 0 Å². The summed E-state index contributed by atoms with van der Waals surface area (Å²) in [5, 5.41) is 26.0. The molecule has 6 nitrogen and oxygen atoms in total. The average molecular weight is 212 g/mol. The zero-order valence-electron chi connectivity index (χ0n) is 7.47. The van der Waals surface area contributed by atoms with Gasteiger partial charge in [0.25, 0.3) is 0 Å². The molecule has 0 heterocycles. The lowest BCUT2D eigenvalue weighted by Crippen LogP contribution is -2.32. The minimum absolute atomic E-state index is 0.156. The molecule has 0 unspecified atom stereocenters. The molecule has 0 aromatic heterocycles. The summed E-state index contributed by atoms with van der Waals surface area (Å²) in [5.41, 5.74) is -0.667. The van der Waals surface area contributed by atoms with Gasteiger partial charge in [0.1, 0.15) is 0 Å². The van der Waals surface area contributed by atoms with Crippen LogP contribution in [-0.2, 0) is 4.46 Å². The lowest BCUT2D eigenvalue weighted by Gasteiger charge is -2.24. The number of aliphatic hydroxyl groups excluding tert-OH is 3. The second-order valence-corrected chi connectivity index (χ2v) is 3.18. The van der Waals surface area contributed by atoms with Crippen molar-refractivity contribution in [2.24, 2.45) is 5.41 Å². The normalized spacial score (nSPS) is 10.2. The van der Waals surface area contributed by atoms with Crippen molar-refractivity contribution in [3.8, 4) is 0 Å². The highest BCUT2D eigenvalue weighted by Gasteiger charge is 2.24. The Hall–Kier alpha value is -0.503. The number of hydrogen-bond acceptors (Lipinski definition) is 4. The van der Waals surface area contributed by atoms with Gasteiger partial charge in [-0.3, -0.25) is 4.46 Å². The molecule has 0 aromatic carbocycles. The van der Waals surface area contributed by atoms with E-state index in [0.717, 1.165) is 0 Å². The maximum Gasteiger partial charge on any atom is 0.761 e. The smallest absolute Gasteiger partial charge is 0.511 e. The van der Waals surface area contributed by atoms with Crippen LogP contribution < -0.4 is 0 Å². The number of rotatable bonds is 4. The highest BCUT2D eigenvalue weighted by atomic mass is 28.3. The Bertz CT molecular complexity index is 114. The van der Waals surface area contributed by atoms with E-state index in [9.17, 15) is 0 Å². The van der Waals surface area contributed by atoms with Gasteiger partial charge >= 0.3 is 9.17 Å². The van der Waals surface area contributed by atoms with E-state index in [-0.39, 0.29) is 19.8 Å². The molecule has 0 aromatic rings. The van der Waals surface area contributed by atoms with E-state index in [2.05, 4.69) is 0 Å². The molecule has 0 radical (unpaired) electrons. The highest BCUT2D eigenvalue weighted by molar-refractivity contribution is 6.22. The number of aliphatic hydroxyl groups is 3. The molecule has 7 heteroatoms. The Morgan fingerprint density at radius 3 is 1.31 bits per heavy atom. The van der Waals surface area contributed by atoms with Gasteiger partial charge in [0.2, 0.25) is 0 Å². The third kappa shape index (κ3) is 7.84. The average Bonchev–Trinajstić information content (AvgIpc) is 2.09.